The summed E-state index contributed by atoms with van der Waals surface area (Å²) in [5.41, 5.74) is 0.455. The summed E-state index contributed by atoms with van der Waals surface area (Å²) in [6.07, 6.45) is 0. The highest BCUT2D eigenvalue weighted by atomic mass is 32.2. The van der Waals surface area contributed by atoms with Gasteiger partial charge in [0.25, 0.3) is 0 Å². The van der Waals surface area contributed by atoms with Gasteiger partial charge in [0.05, 0.1) is 4.90 Å². The lowest BCUT2D eigenvalue weighted by molar-refractivity contribution is 0.589. The fraction of sp³-hybridized carbons (Fsp3) is 0.250. The largest absolute Gasteiger partial charge is 0.316 e. The Morgan fingerprint density at radius 2 is 2.14 bits per heavy atom. The Hall–Kier alpha value is -0.980. The van der Waals surface area contributed by atoms with Gasteiger partial charge >= 0.3 is 0 Å². The van der Waals surface area contributed by atoms with E-state index < -0.39 is 15.8 Å². The lowest BCUT2D eigenvalue weighted by atomic mass is 10.2. The van der Waals surface area contributed by atoms with Crippen LogP contribution in [-0.2, 0) is 16.6 Å². The first kappa shape index (κ1) is 11.1. The molecule has 1 aromatic rings. The molecule has 0 aliphatic heterocycles. The summed E-state index contributed by atoms with van der Waals surface area (Å²) in [6.45, 7) is 0.325. The summed E-state index contributed by atoms with van der Waals surface area (Å²) in [5, 5.41) is 7.71. The Morgan fingerprint density at radius 3 is 2.64 bits per heavy atom. The van der Waals surface area contributed by atoms with E-state index in [-0.39, 0.29) is 4.90 Å². The number of hydrogen-bond donors (Lipinski definition) is 2. The molecule has 1 aromatic carbocycles. The zero-order valence-electron chi connectivity index (χ0n) is 7.62. The number of halogens is 1. The van der Waals surface area contributed by atoms with Crippen molar-refractivity contribution in [2.75, 3.05) is 7.05 Å². The minimum absolute atomic E-state index is 0.174. The van der Waals surface area contributed by atoms with Gasteiger partial charge in [-0.25, -0.2) is 17.9 Å². The van der Waals surface area contributed by atoms with Crippen LogP contribution in [0.2, 0.25) is 0 Å². The van der Waals surface area contributed by atoms with E-state index in [2.05, 4.69) is 5.32 Å². The third kappa shape index (κ3) is 2.50. The summed E-state index contributed by atoms with van der Waals surface area (Å²) in [5.74, 6) is -0.617. The number of nitrogens with one attached hydrogen (secondary N) is 1. The van der Waals surface area contributed by atoms with Gasteiger partial charge in [0.1, 0.15) is 5.82 Å². The molecule has 0 atom stereocenters. The van der Waals surface area contributed by atoms with Crippen LogP contribution in [0.5, 0.6) is 0 Å². The van der Waals surface area contributed by atoms with Crippen molar-refractivity contribution in [2.45, 2.75) is 11.4 Å². The Kier molecular flexibility index (Phi) is 3.20. The molecule has 14 heavy (non-hydrogen) atoms. The molecule has 0 spiro atoms. The van der Waals surface area contributed by atoms with Gasteiger partial charge in [-0.15, -0.1) is 0 Å². The maximum absolute atomic E-state index is 12.8. The Bertz CT molecular complexity index is 431. The predicted octanol–water partition coefficient (Wildman–Crippen LogP) is 0.193. The molecule has 0 saturated heterocycles. The first-order chi connectivity index (χ1) is 6.45. The fourth-order valence-electron chi connectivity index (χ4n) is 1.13. The lowest BCUT2D eigenvalue weighted by Crippen LogP contribution is -2.17. The first-order valence-corrected chi connectivity index (χ1v) is 5.45. The molecule has 4 nitrogen and oxygen atoms in total. The van der Waals surface area contributed by atoms with Crippen LogP contribution in [0.25, 0.3) is 0 Å². The van der Waals surface area contributed by atoms with Gasteiger partial charge in [-0.1, -0.05) is 6.07 Å². The smallest absolute Gasteiger partial charge is 0.238 e. The van der Waals surface area contributed by atoms with E-state index in [1.165, 1.54) is 12.1 Å². The van der Waals surface area contributed by atoms with Gasteiger partial charge in [-0.05, 0) is 24.7 Å². The Labute approximate surface area is 82.0 Å². The van der Waals surface area contributed by atoms with Crippen molar-refractivity contribution in [1.82, 2.24) is 5.32 Å². The second kappa shape index (κ2) is 4.04. The van der Waals surface area contributed by atoms with E-state index in [0.29, 0.717) is 12.1 Å². The highest BCUT2D eigenvalue weighted by Gasteiger charge is 2.14. The van der Waals surface area contributed by atoms with E-state index in [1.807, 2.05) is 0 Å². The maximum atomic E-state index is 12.8. The Morgan fingerprint density at radius 1 is 1.50 bits per heavy atom. The Balaban J connectivity index is 3.30. The molecule has 0 amide bonds. The van der Waals surface area contributed by atoms with Gasteiger partial charge in [-0.3, -0.25) is 0 Å². The van der Waals surface area contributed by atoms with Crippen LogP contribution in [0.3, 0.4) is 0 Å². The van der Waals surface area contributed by atoms with Crippen LogP contribution in [0.4, 0.5) is 4.39 Å². The van der Waals surface area contributed by atoms with Crippen molar-refractivity contribution in [1.29, 1.82) is 0 Å². The standard InChI is InChI=1S/C8H11FN2O2S/c1-11-5-6-2-3-7(9)4-8(6)14(10,12)13/h2-4,11H,5H2,1H3,(H2,10,12,13). The molecular formula is C8H11FN2O2S. The highest BCUT2D eigenvalue weighted by Crippen LogP contribution is 2.15. The molecule has 0 unspecified atom stereocenters. The zero-order chi connectivity index (χ0) is 10.8. The van der Waals surface area contributed by atoms with Crippen molar-refractivity contribution < 1.29 is 12.8 Å². The van der Waals surface area contributed by atoms with Crippen LogP contribution in [0, 0.1) is 5.82 Å². The fourth-order valence-corrected chi connectivity index (χ4v) is 1.91. The van der Waals surface area contributed by atoms with Gasteiger partial charge < -0.3 is 5.32 Å². The SMILES string of the molecule is CNCc1ccc(F)cc1S(N)(=O)=O. The van der Waals surface area contributed by atoms with Crippen molar-refractivity contribution in [3.63, 3.8) is 0 Å². The average molecular weight is 218 g/mol. The molecule has 0 bridgehead atoms. The van der Waals surface area contributed by atoms with Crippen LogP contribution >= 0.6 is 0 Å². The van der Waals surface area contributed by atoms with Gasteiger partial charge in [0.15, 0.2) is 0 Å². The predicted molar refractivity (Wildman–Crippen MR) is 50.5 cm³/mol. The number of primary sulfonamides is 1. The van der Waals surface area contributed by atoms with Crippen molar-refractivity contribution in [3.8, 4) is 0 Å². The lowest BCUT2D eigenvalue weighted by Gasteiger charge is -2.06. The minimum atomic E-state index is -3.86. The highest BCUT2D eigenvalue weighted by molar-refractivity contribution is 7.89. The quantitative estimate of drug-likeness (QED) is 0.760. The summed E-state index contributed by atoms with van der Waals surface area (Å²) < 4.78 is 34.9. The van der Waals surface area contributed by atoms with Crippen molar-refractivity contribution in [2.24, 2.45) is 5.14 Å². The zero-order valence-corrected chi connectivity index (χ0v) is 8.44. The van der Waals surface area contributed by atoms with Crippen LogP contribution in [0.15, 0.2) is 23.1 Å². The molecule has 78 valence electrons. The summed E-state index contributed by atoms with van der Waals surface area (Å²) in [7, 11) is -2.20. The van der Waals surface area contributed by atoms with Crippen LogP contribution < -0.4 is 10.5 Å². The van der Waals surface area contributed by atoms with E-state index in [1.54, 1.807) is 7.05 Å². The molecule has 1 rings (SSSR count). The van der Waals surface area contributed by atoms with Gasteiger partial charge in [0, 0.05) is 6.54 Å². The molecule has 0 aliphatic carbocycles. The number of hydrogen-bond acceptors (Lipinski definition) is 3. The summed E-state index contributed by atoms with van der Waals surface area (Å²) in [6, 6.07) is 3.51. The van der Waals surface area contributed by atoms with E-state index in [4.69, 9.17) is 5.14 Å². The monoisotopic (exact) mass is 218 g/mol. The first-order valence-electron chi connectivity index (χ1n) is 3.91. The minimum Gasteiger partial charge on any atom is -0.316 e. The second-order valence-corrected chi connectivity index (χ2v) is 4.36. The second-order valence-electron chi connectivity index (χ2n) is 2.83. The van der Waals surface area contributed by atoms with Gasteiger partial charge in [0.2, 0.25) is 10.0 Å². The molecule has 3 N–H and O–H groups in total. The number of rotatable bonds is 3. The van der Waals surface area contributed by atoms with Crippen LogP contribution in [0.1, 0.15) is 5.56 Å². The summed E-state index contributed by atoms with van der Waals surface area (Å²) in [4.78, 5) is -0.174. The molecular weight excluding hydrogens is 207 g/mol. The number of benzene rings is 1. The third-order valence-electron chi connectivity index (χ3n) is 1.70. The normalized spacial score (nSPS) is 11.6. The van der Waals surface area contributed by atoms with E-state index in [9.17, 15) is 12.8 Å². The van der Waals surface area contributed by atoms with Crippen molar-refractivity contribution in [3.05, 3.63) is 29.6 Å². The van der Waals surface area contributed by atoms with Crippen molar-refractivity contribution >= 4 is 10.0 Å². The molecule has 0 saturated carbocycles. The average Bonchev–Trinajstić information content (AvgIpc) is 2.07. The number of nitrogens with two attached hydrogens (primary N) is 1. The molecule has 6 heteroatoms. The maximum Gasteiger partial charge on any atom is 0.238 e. The van der Waals surface area contributed by atoms with E-state index in [0.717, 1.165) is 6.07 Å². The van der Waals surface area contributed by atoms with E-state index >= 15 is 0 Å². The van der Waals surface area contributed by atoms with Crippen LogP contribution in [-0.4, -0.2) is 15.5 Å². The molecule has 0 aliphatic rings. The summed E-state index contributed by atoms with van der Waals surface area (Å²) >= 11 is 0. The number of sulfonamides is 1. The molecule has 0 heterocycles. The van der Waals surface area contributed by atoms with Gasteiger partial charge in [-0.2, -0.15) is 0 Å². The third-order valence-corrected chi connectivity index (χ3v) is 2.70. The topological polar surface area (TPSA) is 72.2 Å². The molecule has 0 fully saturated rings. The molecule has 0 radical (unpaired) electrons. The molecule has 0 aromatic heterocycles.